The van der Waals surface area contributed by atoms with Crippen molar-refractivity contribution in [3.8, 4) is 11.6 Å². The molecule has 0 atom stereocenters. The van der Waals surface area contributed by atoms with Crippen LogP contribution in [0.1, 0.15) is 23.2 Å². The van der Waals surface area contributed by atoms with E-state index >= 15 is 0 Å². The van der Waals surface area contributed by atoms with Crippen LogP contribution in [0.15, 0.2) is 48.5 Å². The third-order valence-corrected chi connectivity index (χ3v) is 4.70. The van der Waals surface area contributed by atoms with Gasteiger partial charge >= 0.3 is 0 Å². The average Bonchev–Trinajstić information content (AvgIpc) is 3.41. The fraction of sp³-hybridized carbons (Fsp3) is 0.158. The lowest BCUT2D eigenvalue weighted by molar-refractivity contribution is 0.0952. The molecule has 0 spiro atoms. The molecule has 126 valence electrons. The number of hydrogen-bond acceptors (Lipinski definition) is 3. The standard InChI is InChI=1S/C19H14Cl2N2O2/c20-15-8-7-12(9-16(15)21)25-18-10-14(19(24)22-11-5-6-11)13-3-1-2-4-17(13)23-18/h1-4,7-11H,5-6H2,(H,22,24). The van der Waals surface area contributed by atoms with Crippen molar-refractivity contribution in [2.75, 3.05) is 0 Å². The van der Waals surface area contributed by atoms with E-state index in [1.54, 1.807) is 24.3 Å². The minimum absolute atomic E-state index is 0.111. The number of para-hydroxylation sites is 1. The van der Waals surface area contributed by atoms with Gasteiger partial charge in [0, 0.05) is 23.6 Å². The number of ether oxygens (including phenoxy) is 1. The van der Waals surface area contributed by atoms with E-state index in [1.807, 2.05) is 24.3 Å². The van der Waals surface area contributed by atoms with E-state index in [9.17, 15) is 4.79 Å². The Hall–Kier alpha value is -2.30. The fourth-order valence-corrected chi connectivity index (χ4v) is 2.83. The Morgan fingerprint density at radius 1 is 1.08 bits per heavy atom. The summed E-state index contributed by atoms with van der Waals surface area (Å²) in [6.45, 7) is 0. The summed E-state index contributed by atoms with van der Waals surface area (Å²) in [5.41, 5.74) is 1.24. The Kier molecular flexibility index (Phi) is 4.24. The Balaban J connectivity index is 1.73. The molecule has 0 bridgehead atoms. The van der Waals surface area contributed by atoms with Crippen LogP contribution in [0.25, 0.3) is 10.9 Å². The van der Waals surface area contributed by atoms with Gasteiger partial charge in [0.1, 0.15) is 5.75 Å². The number of hydrogen-bond donors (Lipinski definition) is 1. The van der Waals surface area contributed by atoms with Gasteiger partial charge in [0.15, 0.2) is 0 Å². The van der Waals surface area contributed by atoms with Crippen molar-refractivity contribution in [1.82, 2.24) is 10.3 Å². The number of fused-ring (bicyclic) bond motifs is 1. The van der Waals surface area contributed by atoms with E-state index < -0.39 is 0 Å². The maximum Gasteiger partial charge on any atom is 0.252 e. The van der Waals surface area contributed by atoms with Crippen LogP contribution in [-0.2, 0) is 0 Å². The summed E-state index contributed by atoms with van der Waals surface area (Å²) in [5, 5.41) is 4.65. The molecule has 6 heteroatoms. The zero-order chi connectivity index (χ0) is 17.4. The van der Waals surface area contributed by atoms with E-state index in [-0.39, 0.29) is 11.9 Å². The minimum Gasteiger partial charge on any atom is -0.439 e. The van der Waals surface area contributed by atoms with Crippen molar-refractivity contribution in [3.05, 3.63) is 64.1 Å². The first kappa shape index (κ1) is 16.2. The van der Waals surface area contributed by atoms with Crippen LogP contribution in [0.3, 0.4) is 0 Å². The molecule has 0 unspecified atom stereocenters. The summed E-state index contributed by atoms with van der Waals surface area (Å²) in [4.78, 5) is 17.1. The van der Waals surface area contributed by atoms with E-state index in [0.717, 1.165) is 18.2 Å². The molecule has 25 heavy (non-hydrogen) atoms. The molecule has 1 fully saturated rings. The number of aromatic nitrogens is 1. The molecule has 0 aliphatic heterocycles. The second-order valence-corrected chi connectivity index (χ2v) is 6.77. The molecule has 1 amide bonds. The number of rotatable bonds is 4. The van der Waals surface area contributed by atoms with Gasteiger partial charge < -0.3 is 10.1 Å². The lowest BCUT2D eigenvalue weighted by Gasteiger charge is -2.11. The molecule has 1 heterocycles. The van der Waals surface area contributed by atoms with E-state index in [4.69, 9.17) is 27.9 Å². The lowest BCUT2D eigenvalue weighted by atomic mass is 10.1. The van der Waals surface area contributed by atoms with E-state index in [1.165, 1.54) is 0 Å². The molecule has 1 aliphatic rings. The first-order valence-electron chi connectivity index (χ1n) is 7.94. The highest BCUT2D eigenvalue weighted by atomic mass is 35.5. The Morgan fingerprint density at radius 2 is 1.88 bits per heavy atom. The topological polar surface area (TPSA) is 51.2 Å². The van der Waals surface area contributed by atoms with Gasteiger partial charge in [-0.2, -0.15) is 0 Å². The van der Waals surface area contributed by atoms with Crippen LogP contribution in [0.2, 0.25) is 10.0 Å². The van der Waals surface area contributed by atoms with Crippen LogP contribution in [0.4, 0.5) is 0 Å². The number of carbonyl (C=O) groups excluding carboxylic acids is 1. The summed E-state index contributed by atoms with van der Waals surface area (Å²) in [6.07, 6.45) is 2.06. The lowest BCUT2D eigenvalue weighted by Crippen LogP contribution is -2.25. The molecule has 1 N–H and O–H groups in total. The average molecular weight is 373 g/mol. The minimum atomic E-state index is -0.111. The number of nitrogens with one attached hydrogen (secondary N) is 1. The van der Waals surface area contributed by atoms with Gasteiger partial charge in [-0.1, -0.05) is 41.4 Å². The van der Waals surface area contributed by atoms with Gasteiger partial charge in [0.05, 0.1) is 21.1 Å². The summed E-state index contributed by atoms with van der Waals surface area (Å²) in [7, 11) is 0. The van der Waals surface area contributed by atoms with Crippen molar-refractivity contribution in [2.45, 2.75) is 18.9 Å². The van der Waals surface area contributed by atoms with Crippen LogP contribution in [0.5, 0.6) is 11.6 Å². The Morgan fingerprint density at radius 3 is 2.64 bits per heavy atom. The normalized spacial score (nSPS) is 13.7. The monoisotopic (exact) mass is 372 g/mol. The third-order valence-electron chi connectivity index (χ3n) is 3.96. The highest BCUT2D eigenvalue weighted by Crippen LogP contribution is 2.31. The van der Waals surface area contributed by atoms with Crippen molar-refractivity contribution in [1.29, 1.82) is 0 Å². The van der Waals surface area contributed by atoms with Gasteiger partial charge in [-0.25, -0.2) is 4.98 Å². The zero-order valence-electron chi connectivity index (χ0n) is 13.1. The molecule has 1 aromatic heterocycles. The number of carbonyl (C=O) groups is 1. The maximum atomic E-state index is 12.6. The van der Waals surface area contributed by atoms with Crippen molar-refractivity contribution in [2.24, 2.45) is 0 Å². The van der Waals surface area contributed by atoms with Gasteiger partial charge in [-0.15, -0.1) is 0 Å². The highest BCUT2D eigenvalue weighted by Gasteiger charge is 2.25. The van der Waals surface area contributed by atoms with E-state index in [0.29, 0.717) is 32.8 Å². The van der Waals surface area contributed by atoms with Crippen LogP contribution < -0.4 is 10.1 Å². The molecule has 4 nitrogen and oxygen atoms in total. The molecule has 4 rings (SSSR count). The molecule has 0 saturated heterocycles. The number of amides is 1. The SMILES string of the molecule is O=C(NC1CC1)c1cc(Oc2ccc(Cl)c(Cl)c2)nc2ccccc12. The quantitative estimate of drug-likeness (QED) is 0.682. The second kappa shape index (κ2) is 6.54. The van der Waals surface area contributed by atoms with Crippen LogP contribution in [0, 0.1) is 0 Å². The number of nitrogens with zero attached hydrogens (tertiary/aromatic N) is 1. The van der Waals surface area contributed by atoms with Crippen LogP contribution >= 0.6 is 23.2 Å². The van der Waals surface area contributed by atoms with Gasteiger partial charge in [0.2, 0.25) is 5.88 Å². The largest absolute Gasteiger partial charge is 0.439 e. The van der Waals surface area contributed by atoms with E-state index in [2.05, 4.69) is 10.3 Å². The number of pyridine rings is 1. The summed E-state index contributed by atoms with van der Waals surface area (Å²) < 4.78 is 5.80. The van der Waals surface area contributed by atoms with Crippen molar-refractivity contribution >= 4 is 40.0 Å². The number of halogens is 2. The second-order valence-electron chi connectivity index (χ2n) is 5.95. The predicted molar refractivity (Wildman–Crippen MR) is 98.8 cm³/mol. The summed E-state index contributed by atoms with van der Waals surface area (Å²) >= 11 is 12.0. The zero-order valence-corrected chi connectivity index (χ0v) is 14.6. The first-order valence-corrected chi connectivity index (χ1v) is 8.69. The molecule has 3 aromatic rings. The Bertz CT molecular complexity index is 971. The summed E-state index contributed by atoms with van der Waals surface area (Å²) in [5.74, 6) is 0.726. The molecule has 1 aliphatic carbocycles. The molecular formula is C19H14Cl2N2O2. The molecule has 1 saturated carbocycles. The first-order chi connectivity index (χ1) is 12.1. The van der Waals surface area contributed by atoms with Gasteiger partial charge in [-0.3, -0.25) is 4.79 Å². The van der Waals surface area contributed by atoms with Crippen LogP contribution in [-0.4, -0.2) is 16.9 Å². The summed E-state index contributed by atoms with van der Waals surface area (Å²) in [6, 6.07) is 14.4. The third kappa shape index (κ3) is 3.55. The number of benzene rings is 2. The van der Waals surface area contributed by atoms with Crippen molar-refractivity contribution in [3.63, 3.8) is 0 Å². The Labute approximate surface area is 154 Å². The van der Waals surface area contributed by atoms with Crippen molar-refractivity contribution < 1.29 is 9.53 Å². The fourth-order valence-electron chi connectivity index (χ4n) is 2.54. The molecule has 0 radical (unpaired) electrons. The maximum absolute atomic E-state index is 12.6. The molecular weight excluding hydrogens is 359 g/mol. The van der Waals surface area contributed by atoms with Gasteiger partial charge in [-0.05, 0) is 31.0 Å². The predicted octanol–water partition coefficient (Wildman–Crippen LogP) is 5.23. The highest BCUT2D eigenvalue weighted by molar-refractivity contribution is 6.42. The van der Waals surface area contributed by atoms with Gasteiger partial charge in [0.25, 0.3) is 5.91 Å². The molecule has 2 aromatic carbocycles. The smallest absolute Gasteiger partial charge is 0.252 e.